The summed E-state index contributed by atoms with van der Waals surface area (Å²) in [6.45, 7) is 0.876. The second-order valence-electron chi connectivity index (χ2n) is 10.5. The lowest BCUT2D eigenvalue weighted by atomic mass is 10.0. The molecule has 0 saturated carbocycles. The predicted molar refractivity (Wildman–Crippen MR) is 166 cm³/mol. The number of carbonyl (C=O) groups is 1. The quantitative estimate of drug-likeness (QED) is 0.179. The largest absolute Gasteiger partial charge is 0.388 e. The molecular weight excluding hydrogens is 542 g/mol. The van der Waals surface area contributed by atoms with Crippen molar-refractivity contribution < 1.29 is 28.8 Å². The van der Waals surface area contributed by atoms with Crippen molar-refractivity contribution in [2.75, 3.05) is 20.7 Å². The summed E-state index contributed by atoms with van der Waals surface area (Å²) in [4.78, 5) is 15.1. The van der Waals surface area contributed by atoms with Gasteiger partial charge in [0, 0.05) is 14.1 Å². The van der Waals surface area contributed by atoms with Gasteiger partial charge in [0.05, 0.1) is 33.0 Å². The van der Waals surface area contributed by atoms with Crippen LogP contribution in [0.2, 0.25) is 0 Å². The summed E-state index contributed by atoms with van der Waals surface area (Å²) in [5, 5.41) is 11.6. The molecule has 0 fully saturated rings. The van der Waals surface area contributed by atoms with Crippen LogP contribution in [0.5, 0.6) is 0 Å². The Morgan fingerprint density at radius 1 is 0.581 bits per heavy atom. The average Bonchev–Trinajstić information content (AvgIpc) is 3.05. The van der Waals surface area contributed by atoms with Gasteiger partial charge in [-0.2, -0.15) is 0 Å². The van der Waals surface area contributed by atoms with Crippen molar-refractivity contribution in [1.82, 2.24) is 4.90 Å². The molecule has 0 aromatic heterocycles. The highest BCUT2D eigenvalue weighted by molar-refractivity contribution is 5.81. The first-order valence-corrected chi connectivity index (χ1v) is 14.5. The molecule has 0 radical (unpaired) electrons. The van der Waals surface area contributed by atoms with Gasteiger partial charge in [0.1, 0.15) is 18.3 Å². The Hall–Kier alpha value is -3.85. The summed E-state index contributed by atoms with van der Waals surface area (Å²) in [5.41, 5.74) is 3.74. The summed E-state index contributed by atoms with van der Waals surface area (Å²) < 4.78 is 25.1. The first-order valence-electron chi connectivity index (χ1n) is 14.5. The van der Waals surface area contributed by atoms with Crippen molar-refractivity contribution in [1.29, 1.82) is 0 Å². The number of rotatable bonds is 17. The second kappa shape index (κ2) is 17.3. The maximum atomic E-state index is 13.7. The maximum absolute atomic E-state index is 13.7. The van der Waals surface area contributed by atoms with Gasteiger partial charge in [0.25, 0.3) is 5.91 Å². The van der Waals surface area contributed by atoms with Crippen molar-refractivity contribution in [2.24, 2.45) is 0 Å². The maximum Gasteiger partial charge on any atom is 0.254 e. The Morgan fingerprint density at radius 3 is 1.37 bits per heavy atom. The van der Waals surface area contributed by atoms with Gasteiger partial charge in [-0.1, -0.05) is 121 Å². The molecule has 7 heteroatoms. The molecule has 0 bridgehead atoms. The molecule has 7 nitrogen and oxygen atoms in total. The van der Waals surface area contributed by atoms with E-state index in [1.807, 2.05) is 121 Å². The topological polar surface area (TPSA) is 77.5 Å². The van der Waals surface area contributed by atoms with Crippen LogP contribution in [0, 0.1) is 0 Å². The fourth-order valence-electron chi connectivity index (χ4n) is 4.60. The molecule has 0 spiro atoms. The lowest BCUT2D eigenvalue weighted by Gasteiger charge is -2.36. The van der Waals surface area contributed by atoms with Crippen LogP contribution < -0.4 is 0 Å². The van der Waals surface area contributed by atoms with E-state index < -0.39 is 24.4 Å². The third kappa shape index (κ3) is 10.4. The highest BCUT2D eigenvalue weighted by atomic mass is 16.6. The van der Waals surface area contributed by atoms with Crippen molar-refractivity contribution in [3.63, 3.8) is 0 Å². The van der Waals surface area contributed by atoms with Gasteiger partial charge in [0.2, 0.25) is 0 Å². The molecule has 43 heavy (non-hydrogen) atoms. The highest BCUT2D eigenvalue weighted by Gasteiger charge is 2.41. The molecule has 4 rings (SSSR count). The molecule has 0 unspecified atom stereocenters. The Morgan fingerprint density at radius 2 is 0.953 bits per heavy atom. The van der Waals surface area contributed by atoms with Gasteiger partial charge in [-0.15, -0.1) is 0 Å². The lowest BCUT2D eigenvalue weighted by Crippen LogP contribution is -2.54. The van der Waals surface area contributed by atoms with E-state index in [0.717, 1.165) is 22.3 Å². The molecule has 1 N–H and O–H groups in total. The zero-order valence-corrected chi connectivity index (χ0v) is 24.8. The van der Waals surface area contributed by atoms with Crippen molar-refractivity contribution >= 4 is 5.91 Å². The number of likely N-dealkylation sites (N-methyl/N-ethyl adjacent to an activating group) is 1. The first kappa shape index (κ1) is 32.1. The lowest BCUT2D eigenvalue weighted by molar-refractivity contribution is -0.195. The number of ether oxygens (including phenoxy) is 4. The van der Waals surface area contributed by atoms with Crippen LogP contribution in [0.1, 0.15) is 22.3 Å². The summed E-state index contributed by atoms with van der Waals surface area (Å²) in [7, 11) is 3.35. The van der Waals surface area contributed by atoms with Crippen LogP contribution in [0.15, 0.2) is 121 Å². The molecule has 0 aliphatic carbocycles. The van der Waals surface area contributed by atoms with E-state index >= 15 is 0 Å². The molecule has 0 saturated heterocycles. The molecule has 4 atom stereocenters. The standard InChI is InChI=1S/C36H41NO6/c1-37(2)36(39)35(43-26-31-21-13-6-14-22-31)34(42-25-30-19-11-5-12-20-30)33(41-24-29-17-9-4-10-18-29)32(38)27-40-23-28-15-7-3-8-16-28/h3-22,32-35,38H,23-27H2,1-2H3/t32-,33-,34+,35+/m1/s1. The minimum Gasteiger partial charge on any atom is -0.388 e. The third-order valence-corrected chi connectivity index (χ3v) is 6.93. The van der Waals surface area contributed by atoms with Crippen LogP contribution in [0.25, 0.3) is 0 Å². The van der Waals surface area contributed by atoms with Crippen LogP contribution in [0.3, 0.4) is 0 Å². The smallest absolute Gasteiger partial charge is 0.254 e. The van der Waals surface area contributed by atoms with Crippen LogP contribution in [0.4, 0.5) is 0 Å². The summed E-state index contributed by atoms with van der Waals surface area (Å²) >= 11 is 0. The molecular formula is C36H41NO6. The van der Waals surface area contributed by atoms with Crippen LogP contribution in [-0.4, -0.2) is 61.0 Å². The van der Waals surface area contributed by atoms with Crippen LogP contribution in [-0.2, 0) is 50.2 Å². The van der Waals surface area contributed by atoms with Gasteiger partial charge >= 0.3 is 0 Å². The number of aliphatic hydroxyl groups is 1. The van der Waals surface area contributed by atoms with E-state index in [9.17, 15) is 9.90 Å². The Kier molecular flexibility index (Phi) is 12.9. The first-order chi connectivity index (χ1) is 21.0. The van der Waals surface area contributed by atoms with Crippen molar-refractivity contribution in [3.05, 3.63) is 144 Å². The monoisotopic (exact) mass is 583 g/mol. The van der Waals surface area contributed by atoms with Crippen molar-refractivity contribution in [3.8, 4) is 0 Å². The molecule has 4 aromatic carbocycles. The summed E-state index contributed by atoms with van der Waals surface area (Å²) in [5.74, 6) is -0.292. The fourth-order valence-corrected chi connectivity index (χ4v) is 4.60. The molecule has 4 aromatic rings. The minimum absolute atomic E-state index is 0.0267. The fraction of sp³-hybridized carbons (Fsp3) is 0.306. The molecule has 0 aliphatic rings. The highest BCUT2D eigenvalue weighted by Crippen LogP contribution is 2.23. The Balaban J connectivity index is 1.62. The summed E-state index contributed by atoms with van der Waals surface area (Å²) in [6.07, 6.45) is -4.10. The van der Waals surface area contributed by atoms with Gasteiger partial charge in [-0.05, 0) is 22.3 Å². The number of nitrogens with zero attached hydrogens (tertiary/aromatic N) is 1. The van der Waals surface area contributed by atoms with Gasteiger partial charge < -0.3 is 29.0 Å². The van der Waals surface area contributed by atoms with Gasteiger partial charge in [-0.3, -0.25) is 4.79 Å². The molecule has 0 aliphatic heterocycles. The number of aliphatic hydroxyl groups excluding tert-OH is 1. The molecule has 226 valence electrons. The van der Waals surface area contributed by atoms with Crippen LogP contribution >= 0.6 is 0 Å². The second-order valence-corrected chi connectivity index (χ2v) is 10.5. The van der Waals surface area contributed by atoms with Gasteiger partial charge in [-0.25, -0.2) is 0 Å². The summed E-state index contributed by atoms with van der Waals surface area (Å²) in [6, 6.07) is 38.8. The predicted octanol–water partition coefficient (Wildman–Crippen LogP) is 5.41. The van der Waals surface area contributed by atoms with E-state index in [0.29, 0.717) is 6.61 Å². The van der Waals surface area contributed by atoms with E-state index in [1.54, 1.807) is 14.1 Å². The average molecular weight is 584 g/mol. The third-order valence-electron chi connectivity index (χ3n) is 6.93. The molecule has 1 amide bonds. The normalized spacial score (nSPS) is 14.0. The van der Waals surface area contributed by atoms with E-state index in [-0.39, 0.29) is 32.3 Å². The number of hydrogen-bond acceptors (Lipinski definition) is 6. The Bertz CT molecular complexity index is 1320. The van der Waals surface area contributed by atoms with Gasteiger partial charge in [0.15, 0.2) is 6.10 Å². The minimum atomic E-state index is -1.12. The SMILES string of the molecule is CN(C)C(=O)[C@@H](OCc1ccccc1)[C@@H](OCc1ccccc1)[C@H](OCc1ccccc1)[C@H](O)COCc1ccccc1. The number of amides is 1. The zero-order chi connectivity index (χ0) is 30.3. The number of carbonyl (C=O) groups excluding carboxylic acids is 1. The Labute approximate surface area is 254 Å². The van der Waals surface area contributed by atoms with E-state index in [1.165, 1.54) is 4.90 Å². The zero-order valence-electron chi connectivity index (χ0n) is 24.8. The number of benzene rings is 4. The molecule has 0 heterocycles. The van der Waals surface area contributed by atoms with E-state index in [4.69, 9.17) is 18.9 Å². The van der Waals surface area contributed by atoms with Crippen molar-refractivity contribution in [2.45, 2.75) is 50.8 Å². The number of hydrogen-bond donors (Lipinski definition) is 1. The van der Waals surface area contributed by atoms with E-state index in [2.05, 4.69) is 0 Å².